The van der Waals surface area contributed by atoms with Gasteiger partial charge in [-0.15, -0.1) is 11.6 Å². The van der Waals surface area contributed by atoms with E-state index in [1.165, 1.54) is 4.90 Å². The van der Waals surface area contributed by atoms with Crippen molar-refractivity contribution >= 4 is 29.5 Å². The van der Waals surface area contributed by atoms with Crippen molar-refractivity contribution < 1.29 is 9.59 Å². The fraction of sp³-hybridized carbons (Fsp3) is 0.333. The van der Waals surface area contributed by atoms with Gasteiger partial charge in [-0.1, -0.05) is 25.1 Å². The highest BCUT2D eigenvalue weighted by molar-refractivity contribution is 6.29. The van der Waals surface area contributed by atoms with E-state index in [-0.39, 0.29) is 18.3 Å². The third kappa shape index (κ3) is 2.83. The van der Waals surface area contributed by atoms with E-state index < -0.39 is 0 Å². The van der Waals surface area contributed by atoms with E-state index in [0.29, 0.717) is 6.29 Å². The summed E-state index contributed by atoms with van der Waals surface area (Å²) in [6.07, 6.45) is 1.51. The number of benzene rings is 1. The van der Waals surface area contributed by atoms with Gasteiger partial charge in [-0.05, 0) is 18.1 Å². The number of carbonyl (C=O) groups excluding carboxylic acids is 2. The van der Waals surface area contributed by atoms with Crippen molar-refractivity contribution in [2.24, 2.45) is 0 Å². The molecule has 1 aromatic rings. The predicted octanol–water partition coefficient (Wildman–Crippen LogP) is 2.02. The maximum absolute atomic E-state index is 11.6. The van der Waals surface area contributed by atoms with Gasteiger partial charge in [0.1, 0.15) is 12.2 Å². The third-order valence-corrected chi connectivity index (χ3v) is 2.56. The summed E-state index contributed by atoms with van der Waals surface area (Å²) in [6.45, 7) is 2.05. The summed E-state index contributed by atoms with van der Waals surface area (Å²) in [5.41, 5.74) is 1.80. The summed E-state index contributed by atoms with van der Waals surface area (Å²) in [4.78, 5) is 23.6. The number of para-hydroxylation sites is 1. The Balaban J connectivity index is 3.09. The zero-order valence-electron chi connectivity index (χ0n) is 9.15. The van der Waals surface area contributed by atoms with Crippen LogP contribution in [0.1, 0.15) is 12.5 Å². The molecule has 0 radical (unpaired) electrons. The molecule has 1 rings (SSSR count). The lowest BCUT2D eigenvalue weighted by molar-refractivity contribution is -0.117. The van der Waals surface area contributed by atoms with Gasteiger partial charge in [-0.3, -0.25) is 4.79 Å². The second-order valence-electron chi connectivity index (χ2n) is 3.29. The topological polar surface area (TPSA) is 37.4 Å². The van der Waals surface area contributed by atoms with Gasteiger partial charge in [0, 0.05) is 5.69 Å². The summed E-state index contributed by atoms with van der Waals surface area (Å²) in [6, 6.07) is 7.52. The molecule has 16 heavy (non-hydrogen) atoms. The highest BCUT2D eigenvalue weighted by Crippen LogP contribution is 2.20. The molecule has 0 fully saturated rings. The molecule has 0 aliphatic heterocycles. The van der Waals surface area contributed by atoms with Crippen molar-refractivity contribution in [3.63, 3.8) is 0 Å². The normalized spacial score (nSPS) is 9.88. The number of alkyl halides is 1. The standard InChI is InChI=1S/C12H14ClNO2/c1-2-10-5-3-4-6-11(10)14(7-8-15)12(16)9-13/h3-6,8H,2,7,9H2,1H3. The minimum absolute atomic E-state index is 0.0442. The van der Waals surface area contributed by atoms with Crippen LogP contribution in [-0.2, 0) is 16.0 Å². The van der Waals surface area contributed by atoms with Crippen LogP contribution < -0.4 is 4.90 Å². The average molecular weight is 240 g/mol. The number of anilines is 1. The van der Waals surface area contributed by atoms with Gasteiger partial charge in [-0.25, -0.2) is 0 Å². The molecule has 0 aliphatic carbocycles. The molecule has 1 aromatic carbocycles. The summed E-state index contributed by atoms with van der Waals surface area (Å²) in [7, 11) is 0. The number of aldehydes is 1. The number of aryl methyl sites for hydroxylation is 1. The van der Waals surface area contributed by atoms with Crippen LogP contribution in [0.3, 0.4) is 0 Å². The quantitative estimate of drug-likeness (QED) is 0.582. The van der Waals surface area contributed by atoms with E-state index in [1.807, 2.05) is 31.2 Å². The predicted molar refractivity (Wildman–Crippen MR) is 65.0 cm³/mol. The molecule has 0 N–H and O–H groups in total. The molecular weight excluding hydrogens is 226 g/mol. The minimum atomic E-state index is -0.255. The van der Waals surface area contributed by atoms with Crippen molar-refractivity contribution in [3.05, 3.63) is 29.8 Å². The first kappa shape index (κ1) is 12.7. The van der Waals surface area contributed by atoms with Crippen LogP contribution in [0.25, 0.3) is 0 Å². The Morgan fingerprint density at radius 3 is 2.69 bits per heavy atom. The lowest BCUT2D eigenvalue weighted by atomic mass is 10.1. The Kier molecular flexibility index (Phi) is 4.99. The van der Waals surface area contributed by atoms with Crippen molar-refractivity contribution in [2.45, 2.75) is 13.3 Å². The Labute approximate surface area is 100 Å². The number of amides is 1. The van der Waals surface area contributed by atoms with Crippen molar-refractivity contribution in [3.8, 4) is 0 Å². The number of carbonyl (C=O) groups is 2. The maximum atomic E-state index is 11.6. The van der Waals surface area contributed by atoms with Crippen LogP contribution in [0.2, 0.25) is 0 Å². The third-order valence-electron chi connectivity index (χ3n) is 2.34. The van der Waals surface area contributed by atoms with E-state index in [1.54, 1.807) is 0 Å². The van der Waals surface area contributed by atoms with Crippen LogP contribution >= 0.6 is 11.6 Å². The smallest absolute Gasteiger partial charge is 0.242 e. The van der Waals surface area contributed by atoms with Gasteiger partial charge in [0.2, 0.25) is 5.91 Å². The van der Waals surface area contributed by atoms with Gasteiger partial charge in [0.05, 0.1) is 6.54 Å². The number of rotatable bonds is 5. The minimum Gasteiger partial charge on any atom is -0.304 e. The van der Waals surface area contributed by atoms with E-state index in [2.05, 4.69) is 0 Å². The van der Waals surface area contributed by atoms with Gasteiger partial charge >= 0.3 is 0 Å². The molecule has 0 atom stereocenters. The molecule has 0 heterocycles. The Morgan fingerprint density at radius 1 is 1.44 bits per heavy atom. The van der Waals surface area contributed by atoms with E-state index in [0.717, 1.165) is 17.7 Å². The zero-order valence-corrected chi connectivity index (χ0v) is 9.91. The second-order valence-corrected chi connectivity index (χ2v) is 3.55. The number of hydrogen-bond acceptors (Lipinski definition) is 2. The first-order valence-corrected chi connectivity index (χ1v) is 5.65. The van der Waals surface area contributed by atoms with E-state index in [4.69, 9.17) is 11.6 Å². The second kappa shape index (κ2) is 6.28. The van der Waals surface area contributed by atoms with Crippen molar-refractivity contribution in [2.75, 3.05) is 17.3 Å². The molecule has 0 unspecified atom stereocenters. The van der Waals surface area contributed by atoms with Crippen molar-refractivity contribution in [1.29, 1.82) is 0 Å². The SMILES string of the molecule is CCc1ccccc1N(CC=O)C(=O)CCl. The summed E-state index contributed by atoms with van der Waals surface area (Å²) in [5.74, 6) is -0.374. The largest absolute Gasteiger partial charge is 0.304 e. The Bertz CT molecular complexity index is 379. The molecule has 0 saturated carbocycles. The first-order chi connectivity index (χ1) is 7.74. The van der Waals surface area contributed by atoms with Crippen LogP contribution in [0, 0.1) is 0 Å². The van der Waals surface area contributed by atoms with Crippen LogP contribution in [0.5, 0.6) is 0 Å². The van der Waals surface area contributed by atoms with Gasteiger partial charge in [0.25, 0.3) is 0 Å². The van der Waals surface area contributed by atoms with E-state index >= 15 is 0 Å². The van der Waals surface area contributed by atoms with Crippen molar-refractivity contribution in [1.82, 2.24) is 0 Å². The summed E-state index contributed by atoms with van der Waals surface area (Å²) >= 11 is 5.52. The molecule has 86 valence electrons. The van der Waals surface area contributed by atoms with Crippen LogP contribution in [0.4, 0.5) is 5.69 Å². The molecule has 1 amide bonds. The molecule has 0 bridgehead atoms. The number of nitrogens with zero attached hydrogens (tertiary/aromatic N) is 1. The highest BCUT2D eigenvalue weighted by Gasteiger charge is 2.16. The fourth-order valence-corrected chi connectivity index (χ4v) is 1.70. The number of halogens is 1. The van der Waals surface area contributed by atoms with Gasteiger partial charge in [-0.2, -0.15) is 0 Å². The first-order valence-electron chi connectivity index (χ1n) is 5.12. The fourth-order valence-electron chi connectivity index (χ4n) is 1.55. The molecule has 0 aromatic heterocycles. The maximum Gasteiger partial charge on any atom is 0.242 e. The molecule has 4 heteroatoms. The molecule has 0 saturated heterocycles. The summed E-state index contributed by atoms with van der Waals surface area (Å²) in [5, 5.41) is 0. The average Bonchev–Trinajstić information content (AvgIpc) is 2.35. The summed E-state index contributed by atoms with van der Waals surface area (Å²) < 4.78 is 0. The molecule has 0 aliphatic rings. The highest BCUT2D eigenvalue weighted by atomic mass is 35.5. The van der Waals surface area contributed by atoms with Crippen LogP contribution in [-0.4, -0.2) is 24.6 Å². The molecule has 0 spiro atoms. The zero-order chi connectivity index (χ0) is 12.0. The molecular formula is C12H14ClNO2. The Hall–Kier alpha value is -1.35. The van der Waals surface area contributed by atoms with Crippen LogP contribution in [0.15, 0.2) is 24.3 Å². The lowest BCUT2D eigenvalue weighted by Gasteiger charge is -2.21. The van der Waals surface area contributed by atoms with Gasteiger partial charge < -0.3 is 9.69 Å². The lowest BCUT2D eigenvalue weighted by Crippen LogP contribution is -2.34. The monoisotopic (exact) mass is 239 g/mol. The van der Waals surface area contributed by atoms with E-state index in [9.17, 15) is 9.59 Å². The Morgan fingerprint density at radius 2 is 2.12 bits per heavy atom. The molecule has 3 nitrogen and oxygen atoms in total. The number of hydrogen-bond donors (Lipinski definition) is 0. The van der Waals surface area contributed by atoms with Gasteiger partial charge in [0.15, 0.2) is 0 Å².